The predicted octanol–water partition coefficient (Wildman–Crippen LogP) is 15.6. The molecule has 4 aromatic heterocycles. The van der Waals surface area contributed by atoms with Crippen LogP contribution >= 0.6 is 11.3 Å². The quantitative estimate of drug-likeness (QED) is 0.168. The Kier molecular flexibility index (Phi) is 8.01. The number of thiophene rings is 1. The molecule has 0 saturated carbocycles. The van der Waals surface area contributed by atoms with E-state index in [9.17, 15) is 0 Å². The van der Waals surface area contributed by atoms with Gasteiger partial charge in [0.05, 0.1) is 11.0 Å². The van der Waals surface area contributed by atoms with Gasteiger partial charge in [0.2, 0.25) is 0 Å². The highest BCUT2D eigenvalue weighted by atomic mass is 32.1. The van der Waals surface area contributed by atoms with Crippen molar-refractivity contribution in [2.45, 2.75) is 0 Å². The third kappa shape index (κ3) is 5.87. The molecule has 13 aromatic rings. The Bertz CT molecular complexity index is 3910. The van der Waals surface area contributed by atoms with E-state index in [0.717, 1.165) is 55.3 Å². The zero-order valence-electron chi connectivity index (χ0n) is 33.7. The zero-order valence-corrected chi connectivity index (χ0v) is 34.6. The minimum Gasteiger partial charge on any atom is -0.456 e. The van der Waals surface area contributed by atoms with Crippen molar-refractivity contribution in [3.8, 4) is 62.1 Å². The Balaban J connectivity index is 0.918. The molecule has 294 valence electrons. The molecule has 0 unspecified atom stereocenters. The summed E-state index contributed by atoms with van der Waals surface area (Å²) in [5.41, 5.74) is 12.5. The van der Waals surface area contributed by atoms with Crippen LogP contribution in [0.25, 0.3) is 126 Å². The van der Waals surface area contributed by atoms with Crippen molar-refractivity contribution in [1.29, 1.82) is 0 Å². The highest BCUT2D eigenvalue weighted by Gasteiger charge is 2.19. The molecular formula is C57H34N4OS. The van der Waals surface area contributed by atoms with E-state index in [2.05, 4.69) is 180 Å². The molecule has 13 rings (SSSR count). The number of hydrogen-bond donors (Lipinski definition) is 0. The Morgan fingerprint density at radius 2 is 0.873 bits per heavy atom. The van der Waals surface area contributed by atoms with Gasteiger partial charge in [-0.15, -0.1) is 11.3 Å². The number of furan rings is 1. The molecule has 4 heterocycles. The van der Waals surface area contributed by atoms with Crippen molar-refractivity contribution in [1.82, 2.24) is 19.5 Å². The van der Waals surface area contributed by atoms with Crippen LogP contribution < -0.4 is 0 Å². The molecule has 0 saturated heterocycles. The number of fused-ring (bicyclic) bond motifs is 9. The molecular weight excluding hydrogens is 789 g/mol. The SMILES string of the molecule is c1ccc(-c2ccc3c(c2)sc2cc(-c4nc(-c5ccccc5)nc(-c5ccc6c(c5)oc5cc(-n7c8ccccc8c8c(-c9ccccc9)cccc87)ccc56)n4)ccc23)cc1. The number of aromatic nitrogens is 4. The number of rotatable bonds is 6. The number of hydrogen-bond acceptors (Lipinski definition) is 5. The molecule has 0 atom stereocenters. The molecule has 0 N–H and O–H groups in total. The predicted molar refractivity (Wildman–Crippen MR) is 262 cm³/mol. The monoisotopic (exact) mass is 822 g/mol. The first-order chi connectivity index (χ1) is 31.2. The smallest absolute Gasteiger partial charge is 0.164 e. The second-order valence-corrected chi connectivity index (χ2v) is 17.1. The summed E-state index contributed by atoms with van der Waals surface area (Å²) < 4.78 is 11.5. The first kappa shape index (κ1) is 35.6. The maximum atomic E-state index is 6.73. The van der Waals surface area contributed by atoms with Crippen molar-refractivity contribution in [2.75, 3.05) is 0 Å². The lowest BCUT2D eigenvalue weighted by molar-refractivity contribution is 0.668. The van der Waals surface area contributed by atoms with Gasteiger partial charge in [0, 0.05) is 70.2 Å². The maximum Gasteiger partial charge on any atom is 0.164 e. The highest BCUT2D eigenvalue weighted by Crippen LogP contribution is 2.41. The van der Waals surface area contributed by atoms with Gasteiger partial charge >= 0.3 is 0 Å². The standard InChI is InChI=1S/C57H34N4OS/c1-4-13-35(14-5-1)38-23-28-45-46-29-25-40(33-53(46)63-52(45)32-38)57-59-55(37-17-8-3-9-18-37)58-56(60-57)39-24-27-43-44-30-26-41(34-51(44)62-50(43)31-39)61-48-21-11-10-19-47(48)54-42(20-12-22-49(54)61)36-15-6-2-7-16-36/h1-34H. The van der Waals surface area contributed by atoms with Gasteiger partial charge < -0.3 is 8.98 Å². The van der Waals surface area contributed by atoms with Crippen LogP contribution in [0.3, 0.4) is 0 Å². The summed E-state index contributed by atoms with van der Waals surface area (Å²) in [5, 5.41) is 7.03. The highest BCUT2D eigenvalue weighted by molar-refractivity contribution is 7.25. The van der Waals surface area contributed by atoms with E-state index >= 15 is 0 Å². The van der Waals surface area contributed by atoms with Crippen LogP contribution in [-0.4, -0.2) is 19.5 Å². The molecule has 0 amide bonds. The second kappa shape index (κ2) is 14.2. The summed E-state index contributed by atoms with van der Waals surface area (Å²) >= 11 is 1.80. The van der Waals surface area contributed by atoms with Gasteiger partial charge in [-0.3, -0.25) is 0 Å². The summed E-state index contributed by atoms with van der Waals surface area (Å²) in [6, 6.07) is 72.7. The molecule has 63 heavy (non-hydrogen) atoms. The van der Waals surface area contributed by atoms with Crippen LogP contribution in [0.5, 0.6) is 0 Å². The molecule has 6 heteroatoms. The molecule has 0 aliphatic rings. The lowest BCUT2D eigenvalue weighted by Gasteiger charge is -2.09. The van der Waals surface area contributed by atoms with Crippen LogP contribution in [0.2, 0.25) is 0 Å². The van der Waals surface area contributed by atoms with Gasteiger partial charge in [-0.1, -0.05) is 152 Å². The third-order valence-electron chi connectivity index (χ3n) is 12.3. The number of nitrogens with zero attached hydrogens (tertiary/aromatic N) is 4. The molecule has 9 aromatic carbocycles. The fourth-order valence-corrected chi connectivity index (χ4v) is 10.5. The summed E-state index contributed by atoms with van der Waals surface area (Å²) in [6.07, 6.45) is 0. The summed E-state index contributed by atoms with van der Waals surface area (Å²) in [4.78, 5) is 15.3. The normalized spacial score (nSPS) is 11.8. The first-order valence-electron chi connectivity index (χ1n) is 21.1. The number of para-hydroxylation sites is 1. The van der Waals surface area contributed by atoms with Gasteiger partial charge in [0.15, 0.2) is 17.5 Å². The van der Waals surface area contributed by atoms with E-state index in [1.807, 2.05) is 30.3 Å². The molecule has 0 radical (unpaired) electrons. The fraction of sp³-hybridized carbons (Fsp3) is 0. The van der Waals surface area contributed by atoms with Gasteiger partial charge in [0.1, 0.15) is 11.2 Å². The molecule has 0 spiro atoms. The lowest BCUT2D eigenvalue weighted by Crippen LogP contribution is -2.00. The van der Waals surface area contributed by atoms with E-state index < -0.39 is 0 Å². The van der Waals surface area contributed by atoms with E-state index in [1.165, 1.54) is 53.2 Å². The third-order valence-corrected chi connectivity index (χ3v) is 13.4. The topological polar surface area (TPSA) is 56.7 Å². The maximum absolute atomic E-state index is 6.73. The minimum atomic E-state index is 0.588. The minimum absolute atomic E-state index is 0.588. The molecule has 0 aliphatic carbocycles. The fourth-order valence-electron chi connectivity index (χ4n) is 9.28. The average molecular weight is 823 g/mol. The first-order valence-corrected chi connectivity index (χ1v) is 21.9. The second-order valence-electron chi connectivity index (χ2n) is 16.0. The molecule has 0 fully saturated rings. The summed E-state index contributed by atoms with van der Waals surface area (Å²) in [6.45, 7) is 0. The van der Waals surface area contributed by atoms with Crippen LogP contribution in [-0.2, 0) is 0 Å². The summed E-state index contributed by atoms with van der Waals surface area (Å²) in [5.74, 6) is 1.83. The van der Waals surface area contributed by atoms with E-state index in [-0.39, 0.29) is 0 Å². The van der Waals surface area contributed by atoms with E-state index in [4.69, 9.17) is 19.4 Å². The van der Waals surface area contributed by atoms with Gasteiger partial charge in [-0.2, -0.15) is 0 Å². The van der Waals surface area contributed by atoms with Crippen LogP contribution in [0, 0.1) is 0 Å². The van der Waals surface area contributed by atoms with Crippen molar-refractivity contribution in [3.05, 3.63) is 206 Å². The van der Waals surface area contributed by atoms with Crippen molar-refractivity contribution in [2.24, 2.45) is 0 Å². The van der Waals surface area contributed by atoms with Crippen LogP contribution in [0.4, 0.5) is 0 Å². The van der Waals surface area contributed by atoms with Crippen molar-refractivity contribution >= 4 is 75.3 Å². The van der Waals surface area contributed by atoms with Crippen molar-refractivity contribution < 1.29 is 4.42 Å². The molecule has 5 nitrogen and oxygen atoms in total. The van der Waals surface area contributed by atoms with E-state index in [0.29, 0.717) is 17.5 Å². The van der Waals surface area contributed by atoms with Crippen LogP contribution in [0.15, 0.2) is 211 Å². The average Bonchev–Trinajstić information content (AvgIpc) is 4.03. The molecule has 0 bridgehead atoms. The lowest BCUT2D eigenvalue weighted by atomic mass is 9.99. The van der Waals surface area contributed by atoms with Gasteiger partial charge in [-0.05, 0) is 70.8 Å². The van der Waals surface area contributed by atoms with Crippen molar-refractivity contribution in [3.63, 3.8) is 0 Å². The zero-order chi connectivity index (χ0) is 41.4. The Labute approximate surface area is 365 Å². The van der Waals surface area contributed by atoms with Gasteiger partial charge in [-0.25, -0.2) is 15.0 Å². The largest absolute Gasteiger partial charge is 0.456 e. The Morgan fingerprint density at radius 1 is 0.349 bits per heavy atom. The van der Waals surface area contributed by atoms with E-state index in [1.54, 1.807) is 11.3 Å². The van der Waals surface area contributed by atoms with Gasteiger partial charge in [0.25, 0.3) is 0 Å². The Hall–Kier alpha value is -8.19. The number of benzene rings is 9. The van der Waals surface area contributed by atoms with Crippen LogP contribution in [0.1, 0.15) is 0 Å². The Morgan fingerprint density at radius 3 is 1.59 bits per heavy atom. The summed E-state index contributed by atoms with van der Waals surface area (Å²) in [7, 11) is 0. The molecule has 0 aliphatic heterocycles.